The van der Waals surface area contributed by atoms with Gasteiger partial charge in [0.15, 0.2) is 0 Å². The van der Waals surface area contributed by atoms with Crippen LogP contribution in [-0.4, -0.2) is 24.5 Å². The van der Waals surface area contributed by atoms with E-state index in [1.54, 1.807) is 0 Å². The van der Waals surface area contributed by atoms with E-state index in [4.69, 9.17) is 4.42 Å². The zero-order valence-corrected chi connectivity index (χ0v) is 13.8. The van der Waals surface area contributed by atoms with Crippen LogP contribution in [0.4, 0.5) is 0 Å². The van der Waals surface area contributed by atoms with E-state index in [-0.39, 0.29) is 0 Å². The van der Waals surface area contributed by atoms with E-state index in [2.05, 4.69) is 56.2 Å². The summed E-state index contributed by atoms with van der Waals surface area (Å²) in [6.07, 6.45) is 2.30. The van der Waals surface area contributed by atoms with Crippen LogP contribution in [0.1, 0.15) is 44.9 Å². The maximum absolute atomic E-state index is 6.07. The quantitative estimate of drug-likeness (QED) is 0.739. The van der Waals surface area contributed by atoms with Gasteiger partial charge >= 0.3 is 0 Å². The van der Waals surface area contributed by atoms with Gasteiger partial charge in [0.25, 0.3) is 0 Å². The second kappa shape index (κ2) is 7.62. The Hall–Kier alpha value is -1.32. The first kappa shape index (κ1) is 16.1. The van der Waals surface area contributed by atoms with Crippen molar-refractivity contribution in [1.29, 1.82) is 0 Å². The third-order valence-corrected chi connectivity index (χ3v) is 4.25. The van der Waals surface area contributed by atoms with Gasteiger partial charge in [0.1, 0.15) is 11.3 Å². The first-order valence-corrected chi connectivity index (χ1v) is 8.07. The minimum atomic E-state index is 0.579. The predicted molar refractivity (Wildman–Crippen MR) is 89.4 cm³/mol. The Labute approximate surface area is 128 Å². The Morgan fingerprint density at radius 3 is 2.71 bits per heavy atom. The monoisotopic (exact) mass is 288 g/mol. The van der Waals surface area contributed by atoms with Crippen LogP contribution in [0, 0.1) is 0 Å². The molecule has 3 heteroatoms. The molecule has 0 saturated heterocycles. The van der Waals surface area contributed by atoms with E-state index in [1.807, 2.05) is 6.07 Å². The number of furan rings is 1. The van der Waals surface area contributed by atoms with Gasteiger partial charge in [0, 0.05) is 23.5 Å². The maximum atomic E-state index is 6.07. The lowest BCUT2D eigenvalue weighted by atomic mass is 10.1. The highest BCUT2D eigenvalue weighted by atomic mass is 16.3. The molecule has 0 radical (unpaired) electrons. The summed E-state index contributed by atoms with van der Waals surface area (Å²) in [4.78, 5) is 2.40. The van der Waals surface area contributed by atoms with Crippen LogP contribution in [0.25, 0.3) is 11.0 Å². The molecule has 0 fully saturated rings. The van der Waals surface area contributed by atoms with Gasteiger partial charge in [-0.15, -0.1) is 0 Å². The van der Waals surface area contributed by atoms with Crippen molar-refractivity contribution in [1.82, 2.24) is 10.2 Å². The van der Waals surface area contributed by atoms with Gasteiger partial charge in [-0.2, -0.15) is 0 Å². The minimum absolute atomic E-state index is 0.579. The van der Waals surface area contributed by atoms with Gasteiger partial charge in [0.2, 0.25) is 0 Å². The zero-order valence-electron chi connectivity index (χ0n) is 13.8. The van der Waals surface area contributed by atoms with E-state index < -0.39 is 0 Å². The second-order valence-electron chi connectivity index (χ2n) is 5.85. The van der Waals surface area contributed by atoms with E-state index >= 15 is 0 Å². The van der Waals surface area contributed by atoms with Crippen LogP contribution in [-0.2, 0) is 13.1 Å². The van der Waals surface area contributed by atoms with Crippen LogP contribution >= 0.6 is 0 Å². The number of fused-ring (bicyclic) bond motifs is 1. The van der Waals surface area contributed by atoms with Crippen molar-refractivity contribution < 1.29 is 4.42 Å². The fourth-order valence-electron chi connectivity index (χ4n) is 2.56. The summed E-state index contributed by atoms with van der Waals surface area (Å²) in [7, 11) is 2.19. The highest BCUT2D eigenvalue weighted by molar-refractivity contribution is 5.82. The van der Waals surface area contributed by atoms with Gasteiger partial charge < -0.3 is 9.73 Å². The second-order valence-corrected chi connectivity index (χ2v) is 5.85. The molecule has 21 heavy (non-hydrogen) atoms. The molecule has 1 heterocycles. The highest BCUT2D eigenvalue weighted by Crippen LogP contribution is 2.27. The standard InChI is InChI=1S/C18H28N2O/c1-5-11-19-12-18-16(13-20(4)14(3)6-2)15-9-7-8-10-17(15)21-18/h7-10,14,19H,5-6,11-13H2,1-4H3. The van der Waals surface area contributed by atoms with E-state index in [0.29, 0.717) is 6.04 Å². The van der Waals surface area contributed by atoms with E-state index in [1.165, 1.54) is 10.9 Å². The number of nitrogens with zero attached hydrogens (tertiary/aromatic N) is 1. The van der Waals surface area contributed by atoms with Gasteiger partial charge in [0.05, 0.1) is 6.54 Å². The number of rotatable bonds is 8. The van der Waals surface area contributed by atoms with Gasteiger partial charge in [-0.3, -0.25) is 4.90 Å². The lowest BCUT2D eigenvalue weighted by Gasteiger charge is -2.23. The summed E-state index contributed by atoms with van der Waals surface area (Å²) in [5, 5.41) is 4.71. The summed E-state index contributed by atoms with van der Waals surface area (Å²) >= 11 is 0. The Bertz CT molecular complexity index is 561. The average molecular weight is 288 g/mol. The van der Waals surface area contributed by atoms with E-state index in [9.17, 15) is 0 Å². The molecule has 3 nitrogen and oxygen atoms in total. The van der Waals surface area contributed by atoms with Crippen molar-refractivity contribution in [3.8, 4) is 0 Å². The summed E-state index contributed by atoms with van der Waals surface area (Å²) in [5.74, 6) is 1.08. The topological polar surface area (TPSA) is 28.4 Å². The van der Waals surface area contributed by atoms with Crippen LogP contribution in [0.3, 0.4) is 0 Å². The number of para-hydroxylation sites is 1. The Kier molecular flexibility index (Phi) is 5.83. The molecule has 1 unspecified atom stereocenters. The summed E-state index contributed by atoms with van der Waals surface area (Å²) in [6, 6.07) is 8.94. The van der Waals surface area contributed by atoms with E-state index in [0.717, 1.165) is 43.8 Å². The molecule has 0 bridgehead atoms. The average Bonchev–Trinajstić information content (AvgIpc) is 2.84. The van der Waals surface area contributed by atoms with Crippen LogP contribution < -0.4 is 5.32 Å². The number of hydrogen-bond acceptors (Lipinski definition) is 3. The number of benzene rings is 1. The number of hydrogen-bond donors (Lipinski definition) is 1. The molecule has 0 saturated carbocycles. The molecule has 1 N–H and O–H groups in total. The largest absolute Gasteiger partial charge is 0.459 e. The summed E-state index contributed by atoms with van der Waals surface area (Å²) in [6.45, 7) is 9.47. The van der Waals surface area contributed by atoms with Crippen molar-refractivity contribution in [2.24, 2.45) is 0 Å². The molecule has 1 atom stereocenters. The Morgan fingerprint density at radius 1 is 1.24 bits per heavy atom. The molecule has 0 amide bonds. The molecule has 0 spiro atoms. The highest BCUT2D eigenvalue weighted by Gasteiger charge is 2.17. The summed E-state index contributed by atoms with van der Waals surface area (Å²) < 4.78 is 6.07. The molecule has 0 aliphatic rings. The van der Waals surface area contributed by atoms with Crippen molar-refractivity contribution in [2.75, 3.05) is 13.6 Å². The normalized spacial score (nSPS) is 13.2. The lowest BCUT2D eigenvalue weighted by molar-refractivity contribution is 0.242. The molecular weight excluding hydrogens is 260 g/mol. The first-order chi connectivity index (χ1) is 10.2. The van der Waals surface area contributed by atoms with Gasteiger partial charge in [-0.1, -0.05) is 32.0 Å². The smallest absolute Gasteiger partial charge is 0.134 e. The zero-order chi connectivity index (χ0) is 15.2. The van der Waals surface area contributed by atoms with Crippen LogP contribution in [0.15, 0.2) is 28.7 Å². The molecule has 0 aliphatic heterocycles. The number of nitrogens with one attached hydrogen (secondary N) is 1. The summed E-state index contributed by atoms with van der Waals surface area (Å²) in [5.41, 5.74) is 2.33. The third kappa shape index (κ3) is 3.86. The Morgan fingerprint density at radius 2 is 2.00 bits per heavy atom. The van der Waals surface area contributed by atoms with Crippen molar-refractivity contribution >= 4 is 11.0 Å². The fraction of sp³-hybridized carbons (Fsp3) is 0.556. The molecule has 0 aliphatic carbocycles. The molecule has 1 aromatic heterocycles. The predicted octanol–water partition coefficient (Wildman–Crippen LogP) is 4.16. The fourth-order valence-corrected chi connectivity index (χ4v) is 2.56. The maximum Gasteiger partial charge on any atom is 0.134 e. The van der Waals surface area contributed by atoms with Crippen molar-refractivity contribution in [3.05, 3.63) is 35.6 Å². The molecule has 2 rings (SSSR count). The minimum Gasteiger partial charge on any atom is -0.459 e. The van der Waals surface area contributed by atoms with Gasteiger partial charge in [-0.05, 0) is 39.4 Å². The van der Waals surface area contributed by atoms with Crippen LogP contribution in [0.2, 0.25) is 0 Å². The van der Waals surface area contributed by atoms with Crippen molar-refractivity contribution in [3.63, 3.8) is 0 Å². The molecule has 1 aromatic carbocycles. The molecule has 2 aromatic rings. The third-order valence-electron chi connectivity index (χ3n) is 4.25. The van der Waals surface area contributed by atoms with Crippen LogP contribution in [0.5, 0.6) is 0 Å². The molecule has 116 valence electrons. The lowest BCUT2D eigenvalue weighted by Crippen LogP contribution is -2.28. The Balaban J connectivity index is 2.26. The molecular formula is C18H28N2O. The first-order valence-electron chi connectivity index (χ1n) is 8.07. The van der Waals surface area contributed by atoms with Crippen molar-refractivity contribution in [2.45, 2.75) is 52.7 Å². The van der Waals surface area contributed by atoms with Gasteiger partial charge in [-0.25, -0.2) is 0 Å². The SMILES string of the molecule is CCCNCc1oc2ccccc2c1CN(C)C(C)CC.